The molecule has 0 radical (unpaired) electrons. The average molecular weight is 280 g/mol. The number of nitrogens with one attached hydrogen (secondary N) is 1. The monoisotopic (exact) mass is 280 g/mol. The summed E-state index contributed by atoms with van der Waals surface area (Å²) in [7, 11) is 2.37. The summed E-state index contributed by atoms with van der Waals surface area (Å²) in [5.41, 5.74) is 0.582. The zero-order chi connectivity index (χ0) is 14.3. The Hall–Kier alpha value is -0.0800. The van der Waals surface area contributed by atoms with Gasteiger partial charge in [-0.15, -0.1) is 0 Å². The standard InChI is InChI=1S/C18H36N2/c1-3-13-19-15-18(11-7-8-12-18)16-20(2)14-17-9-5-4-6-10-17/h17,19H,3-16H2,1-2H3. The van der Waals surface area contributed by atoms with Gasteiger partial charge in [-0.05, 0) is 57.0 Å². The van der Waals surface area contributed by atoms with Gasteiger partial charge in [-0.25, -0.2) is 0 Å². The number of hydrogen-bond acceptors (Lipinski definition) is 2. The second-order valence-corrected chi connectivity index (χ2v) is 7.58. The third-order valence-electron chi connectivity index (χ3n) is 5.49. The molecule has 0 aromatic rings. The first-order chi connectivity index (χ1) is 9.74. The Kier molecular flexibility index (Phi) is 6.83. The van der Waals surface area contributed by atoms with Crippen molar-refractivity contribution in [3.63, 3.8) is 0 Å². The summed E-state index contributed by atoms with van der Waals surface area (Å²) in [6.07, 6.45) is 14.4. The van der Waals surface area contributed by atoms with E-state index in [-0.39, 0.29) is 0 Å². The van der Waals surface area contributed by atoms with E-state index < -0.39 is 0 Å². The predicted octanol–water partition coefficient (Wildman–Crippen LogP) is 4.06. The van der Waals surface area contributed by atoms with Crippen molar-refractivity contribution < 1.29 is 0 Å². The van der Waals surface area contributed by atoms with Gasteiger partial charge < -0.3 is 10.2 Å². The summed E-state index contributed by atoms with van der Waals surface area (Å²) in [6.45, 7) is 7.36. The van der Waals surface area contributed by atoms with Gasteiger partial charge in [-0.1, -0.05) is 39.0 Å². The Morgan fingerprint density at radius 2 is 1.75 bits per heavy atom. The van der Waals surface area contributed by atoms with Crippen LogP contribution in [0.1, 0.15) is 71.1 Å². The van der Waals surface area contributed by atoms with Crippen LogP contribution in [-0.4, -0.2) is 38.1 Å². The van der Waals surface area contributed by atoms with Crippen LogP contribution in [0.4, 0.5) is 0 Å². The minimum Gasteiger partial charge on any atom is -0.316 e. The van der Waals surface area contributed by atoms with Crippen LogP contribution in [0.15, 0.2) is 0 Å². The fourth-order valence-corrected chi connectivity index (χ4v) is 4.49. The zero-order valence-electron chi connectivity index (χ0n) is 13.9. The summed E-state index contributed by atoms with van der Waals surface area (Å²) in [4.78, 5) is 2.66. The van der Waals surface area contributed by atoms with Crippen molar-refractivity contribution in [1.82, 2.24) is 10.2 Å². The first-order valence-corrected chi connectivity index (χ1v) is 9.13. The molecule has 2 heteroatoms. The van der Waals surface area contributed by atoms with Gasteiger partial charge in [-0.3, -0.25) is 0 Å². The molecule has 0 aliphatic heterocycles. The second-order valence-electron chi connectivity index (χ2n) is 7.58. The summed E-state index contributed by atoms with van der Waals surface area (Å²) in [5.74, 6) is 0.982. The van der Waals surface area contributed by atoms with E-state index in [1.165, 1.54) is 90.4 Å². The van der Waals surface area contributed by atoms with E-state index in [0.717, 1.165) is 5.92 Å². The van der Waals surface area contributed by atoms with Gasteiger partial charge in [0.25, 0.3) is 0 Å². The van der Waals surface area contributed by atoms with Crippen molar-refractivity contribution in [2.45, 2.75) is 71.1 Å². The normalized spacial score (nSPS) is 23.6. The molecule has 0 heterocycles. The number of hydrogen-bond donors (Lipinski definition) is 1. The molecule has 20 heavy (non-hydrogen) atoms. The van der Waals surface area contributed by atoms with E-state index in [0.29, 0.717) is 5.41 Å². The molecule has 2 fully saturated rings. The maximum atomic E-state index is 3.70. The molecule has 0 unspecified atom stereocenters. The third-order valence-corrected chi connectivity index (χ3v) is 5.49. The van der Waals surface area contributed by atoms with Crippen LogP contribution in [0, 0.1) is 11.3 Å². The Morgan fingerprint density at radius 3 is 2.40 bits per heavy atom. The first kappa shape index (κ1) is 16.3. The topological polar surface area (TPSA) is 15.3 Å². The van der Waals surface area contributed by atoms with Gasteiger partial charge in [0.2, 0.25) is 0 Å². The molecule has 0 bridgehead atoms. The fourth-order valence-electron chi connectivity index (χ4n) is 4.49. The summed E-state index contributed by atoms with van der Waals surface area (Å²) < 4.78 is 0. The van der Waals surface area contributed by atoms with Crippen LogP contribution in [0.5, 0.6) is 0 Å². The molecule has 2 nitrogen and oxygen atoms in total. The van der Waals surface area contributed by atoms with Gasteiger partial charge in [0.15, 0.2) is 0 Å². The average Bonchev–Trinajstić information content (AvgIpc) is 2.88. The van der Waals surface area contributed by atoms with E-state index in [2.05, 4.69) is 24.2 Å². The van der Waals surface area contributed by atoms with Crippen LogP contribution < -0.4 is 5.32 Å². The highest BCUT2D eigenvalue weighted by Crippen LogP contribution is 2.38. The molecule has 0 spiro atoms. The van der Waals surface area contributed by atoms with Crippen molar-refractivity contribution in [1.29, 1.82) is 0 Å². The lowest BCUT2D eigenvalue weighted by Gasteiger charge is -2.36. The minimum atomic E-state index is 0.582. The molecule has 118 valence electrons. The van der Waals surface area contributed by atoms with Crippen LogP contribution in [0.25, 0.3) is 0 Å². The summed E-state index contributed by atoms with van der Waals surface area (Å²) >= 11 is 0. The Labute approximate surface area is 126 Å². The lowest BCUT2D eigenvalue weighted by atomic mass is 9.84. The summed E-state index contributed by atoms with van der Waals surface area (Å²) in [5, 5.41) is 3.70. The smallest absolute Gasteiger partial charge is 0.00472 e. The van der Waals surface area contributed by atoms with Crippen molar-refractivity contribution >= 4 is 0 Å². The highest BCUT2D eigenvalue weighted by molar-refractivity contribution is 4.89. The second kappa shape index (κ2) is 8.38. The van der Waals surface area contributed by atoms with Gasteiger partial charge in [-0.2, -0.15) is 0 Å². The molecule has 0 aromatic carbocycles. The molecule has 0 saturated heterocycles. The van der Waals surface area contributed by atoms with E-state index in [9.17, 15) is 0 Å². The molecule has 0 aromatic heterocycles. The SMILES string of the molecule is CCCNCC1(CN(C)CC2CCCCC2)CCCC1. The maximum Gasteiger partial charge on any atom is 0.00472 e. The zero-order valence-corrected chi connectivity index (χ0v) is 13.9. The maximum absolute atomic E-state index is 3.70. The molecular weight excluding hydrogens is 244 g/mol. The van der Waals surface area contributed by atoms with Crippen molar-refractivity contribution in [3.8, 4) is 0 Å². The predicted molar refractivity (Wildman–Crippen MR) is 88.1 cm³/mol. The minimum absolute atomic E-state index is 0.582. The Bertz CT molecular complexity index is 252. The Morgan fingerprint density at radius 1 is 1.05 bits per heavy atom. The summed E-state index contributed by atoms with van der Waals surface area (Å²) in [6, 6.07) is 0. The van der Waals surface area contributed by atoms with Gasteiger partial charge in [0.1, 0.15) is 0 Å². The largest absolute Gasteiger partial charge is 0.316 e. The molecule has 2 aliphatic rings. The molecule has 2 aliphatic carbocycles. The van der Waals surface area contributed by atoms with E-state index in [4.69, 9.17) is 0 Å². The molecular formula is C18H36N2. The number of rotatable bonds is 8. The fraction of sp³-hybridized carbons (Fsp3) is 1.00. The lowest BCUT2D eigenvalue weighted by molar-refractivity contribution is 0.145. The molecule has 2 rings (SSSR count). The van der Waals surface area contributed by atoms with Crippen LogP contribution >= 0.6 is 0 Å². The van der Waals surface area contributed by atoms with Gasteiger partial charge >= 0.3 is 0 Å². The lowest BCUT2D eigenvalue weighted by Crippen LogP contribution is -2.43. The quantitative estimate of drug-likeness (QED) is 0.675. The van der Waals surface area contributed by atoms with E-state index in [1.807, 2.05) is 0 Å². The van der Waals surface area contributed by atoms with Crippen LogP contribution in [0.3, 0.4) is 0 Å². The third kappa shape index (κ3) is 5.04. The van der Waals surface area contributed by atoms with Crippen LogP contribution in [-0.2, 0) is 0 Å². The Balaban J connectivity index is 1.77. The van der Waals surface area contributed by atoms with Gasteiger partial charge in [0, 0.05) is 19.6 Å². The van der Waals surface area contributed by atoms with Gasteiger partial charge in [0.05, 0.1) is 0 Å². The number of nitrogens with zero attached hydrogens (tertiary/aromatic N) is 1. The molecule has 2 saturated carbocycles. The molecule has 0 atom stereocenters. The highest BCUT2D eigenvalue weighted by atomic mass is 15.1. The van der Waals surface area contributed by atoms with Crippen molar-refractivity contribution in [2.24, 2.45) is 11.3 Å². The van der Waals surface area contributed by atoms with Crippen LogP contribution in [0.2, 0.25) is 0 Å². The van der Waals surface area contributed by atoms with E-state index >= 15 is 0 Å². The highest BCUT2D eigenvalue weighted by Gasteiger charge is 2.34. The van der Waals surface area contributed by atoms with Crippen molar-refractivity contribution in [2.75, 3.05) is 33.2 Å². The first-order valence-electron chi connectivity index (χ1n) is 9.13. The van der Waals surface area contributed by atoms with Crippen molar-refractivity contribution in [3.05, 3.63) is 0 Å². The molecule has 1 N–H and O–H groups in total. The molecule has 0 amide bonds. The van der Waals surface area contributed by atoms with E-state index in [1.54, 1.807) is 0 Å².